The van der Waals surface area contributed by atoms with Crippen LogP contribution in [0.15, 0.2) is 48.7 Å². The quantitative estimate of drug-likeness (QED) is 0.523. The topological polar surface area (TPSA) is 92.1 Å². The van der Waals surface area contributed by atoms with E-state index in [-0.39, 0.29) is 19.5 Å². The number of carbonyl (C=O) groups is 2. The van der Waals surface area contributed by atoms with E-state index in [0.29, 0.717) is 37.6 Å². The molecule has 9 nitrogen and oxygen atoms in total. The largest absolute Gasteiger partial charge is 0.450 e. The Morgan fingerprint density at radius 1 is 1.23 bits per heavy atom. The molecule has 4 rings (SSSR count). The number of pyridine rings is 1. The number of carbonyl (C=O) groups excluding carboxylic acids is 2. The zero-order chi connectivity index (χ0) is 24.9. The van der Waals surface area contributed by atoms with Crippen LogP contribution in [0.4, 0.5) is 16.4 Å². The van der Waals surface area contributed by atoms with E-state index in [1.54, 1.807) is 21.2 Å². The second-order valence-corrected chi connectivity index (χ2v) is 8.63. The first-order chi connectivity index (χ1) is 16.9. The molecular weight excluding hydrogens is 444 g/mol. The van der Waals surface area contributed by atoms with Crippen LogP contribution in [-0.2, 0) is 4.74 Å². The number of fused-ring (bicyclic) bond motifs is 1. The van der Waals surface area contributed by atoms with Crippen LogP contribution >= 0.6 is 0 Å². The molecule has 1 atom stereocenters. The van der Waals surface area contributed by atoms with Crippen LogP contribution in [0.5, 0.6) is 0 Å². The van der Waals surface area contributed by atoms with Gasteiger partial charge in [0.05, 0.1) is 6.61 Å². The predicted molar refractivity (Wildman–Crippen MR) is 138 cm³/mol. The molecule has 9 heteroatoms. The van der Waals surface area contributed by atoms with Crippen LogP contribution in [0, 0.1) is 0 Å². The maximum Gasteiger partial charge on any atom is 0.410 e. The fourth-order valence-corrected chi connectivity index (χ4v) is 4.01. The SMILES string of the molecule is CCOC(=O)N1CC=C(c2cccn3nc(Nc4ccc(C(=O)N(C)C(C)CC)cc4)nc23)CC1.[HH]. The average molecular weight is 479 g/mol. The summed E-state index contributed by atoms with van der Waals surface area (Å²) < 4.78 is 6.85. The minimum atomic E-state index is -0.283. The highest BCUT2D eigenvalue weighted by atomic mass is 16.6. The van der Waals surface area contributed by atoms with Gasteiger partial charge in [0.15, 0.2) is 5.65 Å². The number of hydrogen-bond donors (Lipinski definition) is 1. The van der Waals surface area contributed by atoms with Crippen molar-refractivity contribution in [1.29, 1.82) is 0 Å². The number of nitrogens with one attached hydrogen (secondary N) is 1. The monoisotopic (exact) mass is 478 g/mol. The Morgan fingerprint density at radius 2 is 2.00 bits per heavy atom. The van der Waals surface area contributed by atoms with Gasteiger partial charge in [-0.3, -0.25) is 4.79 Å². The van der Waals surface area contributed by atoms with Crippen LogP contribution in [-0.4, -0.2) is 69.2 Å². The highest BCUT2D eigenvalue weighted by molar-refractivity contribution is 5.94. The van der Waals surface area contributed by atoms with E-state index >= 15 is 0 Å². The minimum absolute atomic E-state index is 0. The van der Waals surface area contributed by atoms with Gasteiger partial charge in [0.2, 0.25) is 5.95 Å². The molecule has 1 aromatic carbocycles. The molecule has 1 aliphatic heterocycles. The number of rotatable bonds is 7. The van der Waals surface area contributed by atoms with Crippen LogP contribution in [0.25, 0.3) is 11.2 Å². The van der Waals surface area contributed by atoms with Gasteiger partial charge in [0, 0.05) is 50.6 Å². The fraction of sp³-hybridized carbons (Fsp3) is 0.385. The normalized spacial score (nSPS) is 14.4. The van der Waals surface area contributed by atoms with Gasteiger partial charge in [-0.25, -0.2) is 9.31 Å². The Morgan fingerprint density at radius 3 is 2.66 bits per heavy atom. The molecule has 1 N–H and O–H groups in total. The maximum absolute atomic E-state index is 12.7. The Labute approximate surface area is 206 Å². The van der Waals surface area contributed by atoms with Gasteiger partial charge in [-0.15, -0.1) is 5.10 Å². The number of aromatic nitrogens is 3. The number of ether oxygens (including phenoxy) is 1. The summed E-state index contributed by atoms with van der Waals surface area (Å²) in [6.45, 7) is 7.39. The Bertz CT molecular complexity index is 1240. The summed E-state index contributed by atoms with van der Waals surface area (Å²) in [6, 6.07) is 11.5. The first-order valence-corrected chi connectivity index (χ1v) is 12.0. The van der Waals surface area contributed by atoms with Gasteiger partial charge >= 0.3 is 6.09 Å². The van der Waals surface area contributed by atoms with Crippen molar-refractivity contribution in [2.24, 2.45) is 0 Å². The van der Waals surface area contributed by atoms with E-state index in [4.69, 9.17) is 9.72 Å². The summed E-state index contributed by atoms with van der Waals surface area (Å²) in [5, 5.41) is 7.79. The summed E-state index contributed by atoms with van der Waals surface area (Å²) in [5.41, 5.74) is 4.30. The van der Waals surface area contributed by atoms with Crippen molar-refractivity contribution in [3.63, 3.8) is 0 Å². The van der Waals surface area contributed by atoms with Crippen molar-refractivity contribution in [3.05, 3.63) is 59.8 Å². The third kappa shape index (κ3) is 5.29. The van der Waals surface area contributed by atoms with E-state index in [1.807, 2.05) is 62.6 Å². The molecule has 0 spiro atoms. The highest BCUT2D eigenvalue weighted by Crippen LogP contribution is 2.27. The van der Waals surface area contributed by atoms with Crippen molar-refractivity contribution < 1.29 is 15.8 Å². The molecular formula is C26H34N6O3. The zero-order valence-electron chi connectivity index (χ0n) is 20.7. The van der Waals surface area contributed by atoms with Crippen molar-refractivity contribution in [2.75, 3.05) is 32.1 Å². The minimum Gasteiger partial charge on any atom is -0.450 e. The molecule has 2 amide bonds. The molecule has 35 heavy (non-hydrogen) atoms. The van der Waals surface area contributed by atoms with Crippen molar-refractivity contribution >= 4 is 34.9 Å². The lowest BCUT2D eigenvalue weighted by molar-refractivity contribution is 0.0740. The lowest BCUT2D eigenvalue weighted by Crippen LogP contribution is -2.35. The van der Waals surface area contributed by atoms with Crippen molar-refractivity contribution in [2.45, 2.75) is 39.7 Å². The summed E-state index contributed by atoms with van der Waals surface area (Å²) >= 11 is 0. The molecule has 1 aliphatic rings. The average Bonchev–Trinajstić information content (AvgIpc) is 3.30. The number of hydrogen-bond acceptors (Lipinski definition) is 6. The fourth-order valence-electron chi connectivity index (χ4n) is 4.01. The van der Waals surface area contributed by atoms with Gasteiger partial charge in [0.25, 0.3) is 5.91 Å². The molecule has 0 aliphatic carbocycles. The smallest absolute Gasteiger partial charge is 0.410 e. The second-order valence-electron chi connectivity index (χ2n) is 8.63. The highest BCUT2D eigenvalue weighted by Gasteiger charge is 2.21. The number of benzene rings is 1. The Balaban J connectivity index is 0.00000361. The Kier molecular flexibility index (Phi) is 7.33. The van der Waals surface area contributed by atoms with Gasteiger partial charge in [-0.05, 0) is 68.7 Å². The summed E-state index contributed by atoms with van der Waals surface area (Å²) in [6.07, 6.45) is 5.24. The van der Waals surface area contributed by atoms with Crippen molar-refractivity contribution in [1.82, 2.24) is 24.4 Å². The van der Waals surface area contributed by atoms with E-state index in [9.17, 15) is 9.59 Å². The molecule has 0 saturated carbocycles. The lowest BCUT2D eigenvalue weighted by Gasteiger charge is -2.25. The maximum atomic E-state index is 12.7. The standard InChI is InChI=1S/C26H32N6O3.H2/c1-5-18(3)30(4)24(33)20-9-11-21(12-10-20)27-25-28-23-22(8-7-15-32(23)29-25)19-13-16-31(17-14-19)26(34)35-6-2;/h7-13,15,18H,5-6,14,16-17H2,1-4H3,(H,27,29);1H. The third-order valence-corrected chi connectivity index (χ3v) is 6.40. The van der Waals surface area contributed by atoms with Crippen LogP contribution < -0.4 is 5.32 Å². The first kappa shape index (κ1) is 24.3. The molecule has 3 heterocycles. The molecule has 186 valence electrons. The summed E-state index contributed by atoms with van der Waals surface area (Å²) in [7, 11) is 1.83. The van der Waals surface area contributed by atoms with Gasteiger partial charge < -0.3 is 19.9 Å². The van der Waals surface area contributed by atoms with Gasteiger partial charge in [0.1, 0.15) is 0 Å². The summed E-state index contributed by atoms with van der Waals surface area (Å²) in [5.74, 6) is 0.474. The molecule has 0 saturated heterocycles. The second kappa shape index (κ2) is 10.6. The number of anilines is 2. The van der Waals surface area contributed by atoms with Gasteiger partial charge in [-0.2, -0.15) is 4.98 Å². The molecule has 2 aromatic heterocycles. The molecule has 0 fully saturated rings. The number of amides is 2. The lowest BCUT2D eigenvalue weighted by atomic mass is 10.0. The van der Waals surface area contributed by atoms with Gasteiger partial charge in [-0.1, -0.05) is 13.0 Å². The van der Waals surface area contributed by atoms with E-state index in [2.05, 4.69) is 17.3 Å². The molecule has 0 bridgehead atoms. The van der Waals surface area contributed by atoms with E-state index in [1.165, 1.54) is 0 Å². The van der Waals surface area contributed by atoms with Crippen LogP contribution in [0.1, 0.15) is 51.0 Å². The van der Waals surface area contributed by atoms with E-state index < -0.39 is 0 Å². The molecule has 1 unspecified atom stereocenters. The van der Waals surface area contributed by atoms with Crippen molar-refractivity contribution in [3.8, 4) is 0 Å². The summed E-state index contributed by atoms with van der Waals surface area (Å²) in [4.78, 5) is 32.8. The zero-order valence-corrected chi connectivity index (χ0v) is 20.7. The molecule has 0 radical (unpaired) electrons. The van der Waals surface area contributed by atoms with E-state index in [0.717, 1.165) is 28.9 Å². The van der Waals surface area contributed by atoms with Crippen LogP contribution in [0.2, 0.25) is 0 Å². The number of nitrogens with zero attached hydrogens (tertiary/aromatic N) is 5. The van der Waals surface area contributed by atoms with Crippen LogP contribution in [0.3, 0.4) is 0 Å². The Hall–Kier alpha value is -3.88. The molecule has 3 aromatic rings. The third-order valence-electron chi connectivity index (χ3n) is 6.40. The first-order valence-electron chi connectivity index (χ1n) is 12.0. The predicted octanol–water partition coefficient (Wildman–Crippen LogP) is 4.84.